The van der Waals surface area contributed by atoms with E-state index in [0.29, 0.717) is 23.6 Å². The number of urea groups is 1. The summed E-state index contributed by atoms with van der Waals surface area (Å²) in [6, 6.07) is 20.7. The van der Waals surface area contributed by atoms with Crippen LogP contribution in [-0.2, 0) is 16.8 Å². The molecular weight excluding hydrogens is 414 g/mol. The predicted molar refractivity (Wildman–Crippen MR) is 125 cm³/mol. The minimum atomic E-state index is -1.25. The van der Waals surface area contributed by atoms with Gasteiger partial charge in [-0.15, -0.1) is 0 Å². The number of benzene rings is 2. The first kappa shape index (κ1) is 21.2. The maximum Gasteiger partial charge on any atom is 0.325 e. The van der Waals surface area contributed by atoms with Gasteiger partial charge in [-0.3, -0.25) is 14.5 Å². The third-order valence-corrected chi connectivity index (χ3v) is 6.75. The van der Waals surface area contributed by atoms with Crippen LogP contribution in [0.4, 0.5) is 4.79 Å². The molecule has 2 heterocycles. The van der Waals surface area contributed by atoms with Crippen LogP contribution in [0.1, 0.15) is 51.8 Å². The average Bonchev–Trinajstić information content (AvgIpc) is 3.56. The Labute approximate surface area is 193 Å². The van der Waals surface area contributed by atoms with Crippen molar-refractivity contribution in [3.63, 3.8) is 0 Å². The quantitative estimate of drug-likeness (QED) is 0.439. The van der Waals surface area contributed by atoms with Crippen molar-refractivity contribution in [3.8, 4) is 0 Å². The number of hydrogen-bond acceptors (Lipinski definition) is 3. The summed E-state index contributed by atoms with van der Waals surface area (Å²) in [6.45, 7) is 3.66. The standard InChI is InChI=1S/C27H27N3O3/c1-18-15-23(19(2)30(18)22-13-14-22)24(31)17-29-25(32)27(28-26(29)33,21-11-7-4-8-12-21)16-20-9-5-3-6-10-20/h3-12,15,22H,13-14,16-17H2,1-2H3,(H,28,33). The number of rotatable bonds is 7. The summed E-state index contributed by atoms with van der Waals surface area (Å²) >= 11 is 0. The molecule has 1 aliphatic heterocycles. The summed E-state index contributed by atoms with van der Waals surface area (Å²) in [4.78, 5) is 41.1. The molecule has 2 aliphatic rings. The van der Waals surface area contributed by atoms with Crippen molar-refractivity contribution in [1.29, 1.82) is 0 Å². The van der Waals surface area contributed by atoms with Crippen molar-refractivity contribution in [2.24, 2.45) is 0 Å². The lowest BCUT2D eigenvalue weighted by molar-refractivity contribution is -0.131. The zero-order valence-electron chi connectivity index (χ0n) is 18.9. The third-order valence-electron chi connectivity index (χ3n) is 6.75. The van der Waals surface area contributed by atoms with E-state index in [-0.39, 0.29) is 12.3 Å². The van der Waals surface area contributed by atoms with E-state index < -0.39 is 17.5 Å². The number of hydrogen-bond donors (Lipinski definition) is 1. The van der Waals surface area contributed by atoms with Gasteiger partial charge in [0.25, 0.3) is 5.91 Å². The lowest BCUT2D eigenvalue weighted by atomic mass is 9.83. The van der Waals surface area contributed by atoms with Crippen LogP contribution in [0.3, 0.4) is 0 Å². The molecule has 1 N–H and O–H groups in total. The minimum Gasteiger partial charge on any atom is -0.345 e. The van der Waals surface area contributed by atoms with Gasteiger partial charge in [-0.25, -0.2) is 4.79 Å². The highest BCUT2D eigenvalue weighted by molar-refractivity contribution is 6.11. The number of carbonyl (C=O) groups excluding carboxylic acids is 3. The molecule has 6 heteroatoms. The van der Waals surface area contributed by atoms with Gasteiger partial charge in [0.05, 0.1) is 6.54 Å². The van der Waals surface area contributed by atoms with E-state index in [4.69, 9.17) is 0 Å². The third kappa shape index (κ3) is 3.65. The van der Waals surface area contributed by atoms with E-state index in [2.05, 4.69) is 9.88 Å². The number of aryl methyl sites for hydroxylation is 1. The first-order chi connectivity index (χ1) is 15.9. The number of aromatic nitrogens is 1. The van der Waals surface area contributed by atoms with E-state index in [9.17, 15) is 14.4 Å². The number of Topliss-reactive ketones (excluding diaryl/α,β-unsaturated/α-hetero) is 1. The molecule has 1 atom stereocenters. The molecule has 6 nitrogen and oxygen atoms in total. The predicted octanol–water partition coefficient (Wildman–Crippen LogP) is 4.31. The van der Waals surface area contributed by atoms with Gasteiger partial charge in [-0.1, -0.05) is 60.7 Å². The number of nitrogens with one attached hydrogen (secondary N) is 1. The second-order valence-electron chi connectivity index (χ2n) is 9.06. The number of imide groups is 1. The molecule has 1 aliphatic carbocycles. The Morgan fingerprint density at radius 1 is 1.00 bits per heavy atom. The summed E-state index contributed by atoms with van der Waals surface area (Å²) in [5.74, 6) is -0.617. The first-order valence-electron chi connectivity index (χ1n) is 11.4. The first-order valence-corrected chi connectivity index (χ1v) is 11.4. The van der Waals surface area contributed by atoms with Crippen molar-refractivity contribution in [3.05, 3.63) is 94.8 Å². The lowest BCUT2D eigenvalue weighted by Crippen LogP contribution is -2.46. The molecule has 1 saturated heterocycles. The van der Waals surface area contributed by atoms with Gasteiger partial charge >= 0.3 is 6.03 Å². The number of nitrogens with zero attached hydrogens (tertiary/aromatic N) is 2. The van der Waals surface area contributed by atoms with Gasteiger partial charge in [0.1, 0.15) is 0 Å². The molecule has 168 valence electrons. The topological polar surface area (TPSA) is 71.4 Å². The van der Waals surface area contributed by atoms with Crippen molar-refractivity contribution < 1.29 is 14.4 Å². The molecule has 2 aromatic carbocycles. The zero-order chi connectivity index (χ0) is 23.2. The number of ketones is 1. The second kappa shape index (κ2) is 8.03. The molecule has 1 aromatic heterocycles. The summed E-state index contributed by atoms with van der Waals surface area (Å²) in [7, 11) is 0. The van der Waals surface area contributed by atoms with Crippen LogP contribution in [0.15, 0.2) is 66.7 Å². The Balaban J connectivity index is 1.46. The van der Waals surface area contributed by atoms with Crippen molar-refractivity contribution in [2.45, 2.75) is 44.7 Å². The van der Waals surface area contributed by atoms with Crippen molar-refractivity contribution in [1.82, 2.24) is 14.8 Å². The molecule has 2 fully saturated rings. The van der Waals surface area contributed by atoms with Gasteiger partial charge in [0.2, 0.25) is 0 Å². The largest absolute Gasteiger partial charge is 0.345 e. The van der Waals surface area contributed by atoms with E-state index >= 15 is 0 Å². The SMILES string of the molecule is Cc1cc(C(=O)CN2C(=O)NC(Cc3ccccc3)(c3ccccc3)C2=O)c(C)n1C1CC1. The molecule has 0 radical (unpaired) electrons. The molecule has 5 rings (SSSR count). The molecule has 0 spiro atoms. The smallest absolute Gasteiger partial charge is 0.325 e. The fraction of sp³-hybridized carbons (Fsp3) is 0.296. The van der Waals surface area contributed by atoms with Gasteiger partial charge < -0.3 is 9.88 Å². The monoisotopic (exact) mass is 441 g/mol. The van der Waals surface area contributed by atoms with Crippen LogP contribution in [0.25, 0.3) is 0 Å². The Bertz CT molecular complexity index is 1230. The molecule has 3 amide bonds. The fourth-order valence-corrected chi connectivity index (χ4v) is 4.99. The Hall–Kier alpha value is -3.67. The van der Waals surface area contributed by atoms with E-state index in [1.807, 2.05) is 80.6 Å². The zero-order valence-corrected chi connectivity index (χ0v) is 18.9. The Morgan fingerprint density at radius 2 is 1.64 bits per heavy atom. The molecule has 1 unspecified atom stereocenters. The molecule has 0 bridgehead atoms. The maximum atomic E-state index is 13.8. The van der Waals surface area contributed by atoms with Crippen molar-refractivity contribution in [2.75, 3.05) is 6.54 Å². The van der Waals surface area contributed by atoms with E-state index in [0.717, 1.165) is 34.7 Å². The molecule has 1 saturated carbocycles. The second-order valence-corrected chi connectivity index (χ2v) is 9.06. The van der Waals surface area contributed by atoms with Gasteiger partial charge in [0, 0.05) is 29.4 Å². The van der Waals surface area contributed by atoms with Gasteiger partial charge in [-0.2, -0.15) is 0 Å². The highest BCUT2D eigenvalue weighted by atomic mass is 16.2. The van der Waals surface area contributed by atoms with Crippen LogP contribution in [0, 0.1) is 13.8 Å². The molecule has 33 heavy (non-hydrogen) atoms. The van der Waals surface area contributed by atoms with E-state index in [1.54, 1.807) is 0 Å². The van der Waals surface area contributed by atoms with Crippen LogP contribution < -0.4 is 5.32 Å². The van der Waals surface area contributed by atoms with Crippen LogP contribution in [0.5, 0.6) is 0 Å². The van der Waals surface area contributed by atoms with Crippen LogP contribution in [0.2, 0.25) is 0 Å². The number of carbonyl (C=O) groups is 3. The highest BCUT2D eigenvalue weighted by Gasteiger charge is 2.52. The number of amides is 3. The van der Waals surface area contributed by atoms with Gasteiger partial charge in [-0.05, 0) is 43.9 Å². The highest BCUT2D eigenvalue weighted by Crippen LogP contribution is 2.39. The maximum absolute atomic E-state index is 13.8. The summed E-state index contributed by atoms with van der Waals surface area (Å²) < 4.78 is 2.20. The average molecular weight is 442 g/mol. The lowest BCUT2D eigenvalue weighted by Gasteiger charge is -2.27. The normalized spacial score (nSPS) is 20.2. The van der Waals surface area contributed by atoms with Crippen molar-refractivity contribution >= 4 is 17.7 Å². The molecule has 3 aromatic rings. The van der Waals surface area contributed by atoms with Gasteiger partial charge in [0.15, 0.2) is 11.3 Å². The fourth-order valence-electron chi connectivity index (χ4n) is 4.99. The van der Waals surface area contributed by atoms with Crippen LogP contribution >= 0.6 is 0 Å². The Morgan fingerprint density at radius 3 is 2.27 bits per heavy atom. The summed E-state index contributed by atoms with van der Waals surface area (Å²) in [5, 5.41) is 2.93. The summed E-state index contributed by atoms with van der Waals surface area (Å²) in [5.41, 5.74) is 2.92. The summed E-state index contributed by atoms with van der Waals surface area (Å²) in [6.07, 6.45) is 2.55. The van der Waals surface area contributed by atoms with Crippen LogP contribution in [-0.4, -0.2) is 33.7 Å². The Kier molecular flexibility index (Phi) is 5.16. The minimum absolute atomic E-state index is 0.220. The molecular formula is C27H27N3O3. The van der Waals surface area contributed by atoms with E-state index in [1.165, 1.54) is 0 Å².